The summed E-state index contributed by atoms with van der Waals surface area (Å²) >= 11 is 0. The number of anilines is 1. The number of hydrogen-bond acceptors (Lipinski definition) is 3. The predicted molar refractivity (Wildman–Crippen MR) is 111 cm³/mol. The molecule has 0 aliphatic rings. The zero-order valence-electron chi connectivity index (χ0n) is 16.4. The lowest BCUT2D eigenvalue weighted by molar-refractivity contribution is -0.146. The Balaban J connectivity index is 1.65. The first-order valence-corrected chi connectivity index (χ1v) is 9.23. The Bertz CT molecular complexity index is 937. The Morgan fingerprint density at radius 3 is 2.29 bits per heavy atom. The van der Waals surface area contributed by atoms with E-state index in [1.807, 2.05) is 73.6 Å². The Morgan fingerprint density at radius 2 is 1.68 bits per heavy atom. The minimum Gasteiger partial charge on any atom is -0.460 e. The minimum absolute atomic E-state index is 0.196. The van der Waals surface area contributed by atoms with Gasteiger partial charge in [-0.2, -0.15) is 0 Å². The average Bonchev–Trinajstić information content (AvgIpc) is 2.72. The van der Waals surface area contributed by atoms with Gasteiger partial charge in [-0.25, -0.2) is 4.39 Å². The monoisotopic (exact) mass is 377 g/mol. The third kappa shape index (κ3) is 4.58. The number of benzene rings is 3. The summed E-state index contributed by atoms with van der Waals surface area (Å²) in [7, 11) is 3.94. The number of hydrogen-bond donors (Lipinski definition) is 0. The fourth-order valence-electron chi connectivity index (χ4n) is 2.96. The summed E-state index contributed by atoms with van der Waals surface area (Å²) in [4.78, 5) is 14.4. The van der Waals surface area contributed by atoms with Crippen LogP contribution in [0, 0.1) is 5.82 Å². The molecule has 0 aromatic heterocycles. The zero-order valence-corrected chi connectivity index (χ0v) is 16.4. The normalized spacial score (nSPS) is 11.7. The lowest BCUT2D eigenvalue weighted by atomic mass is 9.97. The maximum Gasteiger partial charge on any atom is 0.313 e. The highest BCUT2D eigenvalue weighted by Gasteiger charge is 2.19. The van der Waals surface area contributed by atoms with Gasteiger partial charge in [0.25, 0.3) is 0 Å². The van der Waals surface area contributed by atoms with Gasteiger partial charge in [-0.1, -0.05) is 54.6 Å². The van der Waals surface area contributed by atoms with Crippen molar-refractivity contribution in [3.63, 3.8) is 0 Å². The lowest BCUT2D eigenvalue weighted by Gasteiger charge is -2.15. The molecule has 144 valence electrons. The Hall–Kier alpha value is -3.14. The van der Waals surface area contributed by atoms with Crippen LogP contribution in [0.25, 0.3) is 11.1 Å². The molecule has 3 nitrogen and oxygen atoms in total. The van der Waals surface area contributed by atoms with Gasteiger partial charge in [0.1, 0.15) is 12.4 Å². The molecule has 0 aliphatic heterocycles. The predicted octanol–water partition coefficient (Wildman–Crippen LogP) is 5.41. The van der Waals surface area contributed by atoms with Crippen molar-refractivity contribution in [2.75, 3.05) is 19.0 Å². The molecule has 0 saturated heterocycles. The first-order chi connectivity index (χ1) is 13.5. The molecule has 0 amide bonds. The van der Waals surface area contributed by atoms with Crippen molar-refractivity contribution < 1.29 is 13.9 Å². The fourth-order valence-corrected chi connectivity index (χ4v) is 2.96. The van der Waals surface area contributed by atoms with Crippen LogP contribution >= 0.6 is 0 Å². The van der Waals surface area contributed by atoms with Crippen molar-refractivity contribution in [1.82, 2.24) is 0 Å². The van der Waals surface area contributed by atoms with Crippen molar-refractivity contribution in [2.45, 2.75) is 19.4 Å². The molecule has 0 spiro atoms. The van der Waals surface area contributed by atoms with Crippen molar-refractivity contribution in [2.24, 2.45) is 0 Å². The molecule has 4 heteroatoms. The van der Waals surface area contributed by atoms with E-state index in [1.165, 1.54) is 6.07 Å². The molecule has 0 fully saturated rings. The maximum absolute atomic E-state index is 14.6. The van der Waals surface area contributed by atoms with E-state index in [9.17, 15) is 9.18 Å². The SMILES string of the molecule is C[C@@H](C(=O)OCc1ccc(N(C)C)cc1)c1ccc(-c2ccccc2)c(F)c1. The fraction of sp³-hybridized carbons (Fsp3) is 0.208. The molecule has 0 heterocycles. The smallest absolute Gasteiger partial charge is 0.313 e. The van der Waals surface area contributed by atoms with Crippen LogP contribution in [0.15, 0.2) is 72.8 Å². The first kappa shape index (κ1) is 19.6. The van der Waals surface area contributed by atoms with E-state index in [1.54, 1.807) is 19.1 Å². The Morgan fingerprint density at radius 1 is 1.00 bits per heavy atom. The number of rotatable bonds is 6. The molecule has 0 bridgehead atoms. The summed E-state index contributed by atoms with van der Waals surface area (Å²) in [5.74, 6) is -1.26. The molecule has 3 rings (SSSR count). The van der Waals surface area contributed by atoms with Crippen LogP contribution < -0.4 is 4.90 Å². The molecule has 3 aromatic rings. The average molecular weight is 377 g/mol. The number of esters is 1. The Labute approximate surface area is 165 Å². The van der Waals surface area contributed by atoms with Gasteiger partial charge >= 0.3 is 5.97 Å². The number of nitrogens with zero attached hydrogens (tertiary/aromatic N) is 1. The van der Waals surface area contributed by atoms with Crippen molar-refractivity contribution in [1.29, 1.82) is 0 Å². The van der Waals surface area contributed by atoms with Crippen LogP contribution in [0.3, 0.4) is 0 Å². The highest BCUT2D eigenvalue weighted by Crippen LogP contribution is 2.27. The summed E-state index contributed by atoms with van der Waals surface area (Å²) in [5, 5.41) is 0. The molecule has 0 unspecified atom stereocenters. The lowest BCUT2D eigenvalue weighted by Crippen LogP contribution is -2.13. The second-order valence-electron chi connectivity index (χ2n) is 7.00. The number of carbonyl (C=O) groups excluding carboxylic acids is 1. The van der Waals surface area contributed by atoms with E-state index < -0.39 is 5.92 Å². The highest BCUT2D eigenvalue weighted by atomic mass is 19.1. The van der Waals surface area contributed by atoms with Crippen molar-refractivity contribution >= 4 is 11.7 Å². The van der Waals surface area contributed by atoms with Gasteiger partial charge < -0.3 is 9.64 Å². The molecule has 1 atom stereocenters. The third-order valence-electron chi connectivity index (χ3n) is 4.77. The van der Waals surface area contributed by atoms with E-state index in [-0.39, 0.29) is 18.4 Å². The van der Waals surface area contributed by atoms with Gasteiger partial charge in [-0.05, 0) is 41.8 Å². The van der Waals surface area contributed by atoms with Crippen molar-refractivity contribution in [3.05, 3.63) is 89.7 Å². The summed E-state index contributed by atoms with van der Waals surface area (Å²) in [6.45, 7) is 1.93. The van der Waals surface area contributed by atoms with E-state index in [0.29, 0.717) is 11.1 Å². The number of ether oxygens (including phenoxy) is 1. The molecule has 0 saturated carbocycles. The second-order valence-corrected chi connectivity index (χ2v) is 7.00. The molecule has 28 heavy (non-hydrogen) atoms. The summed E-state index contributed by atoms with van der Waals surface area (Å²) < 4.78 is 20.0. The standard InChI is InChI=1S/C24H24FNO2/c1-17(24(27)28-16-18-9-12-21(13-10-18)26(2)3)20-11-14-22(23(25)15-20)19-7-5-4-6-8-19/h4-15,17H,16H2,1-3H3/t17-/m1/s1. The number of halogens is 1. The minimum atomic E-state index is -0.541. The van der Waals surface area contributed by atoms with Crippen LogP contribution in [0.4, 0.5) is 10.1 Å². The van der Waals surface area contributed by atoms with Gasteiger partial charge in [-0.15, -0.1) is 0 Å². The van der Waals surface area contributed by atoms with Crippen LogP contribution in [0.5, 0.6) is 0 Å². The molecular weight excluding hydrogens is 353 g/mol. The Kier molecular flexibility index (Phi) is 6.09. The largest absolute Gasteiger partial charge is 0.460 e. The van der Waals surface area contributed by atoms with Crippen LogP contribution in [0.1, 0.15) is 24.0 Å². The quantitative estimate of drug-likeness (QED) is 0.538. The molecular formula is C24H24FNO2. The highest BCUT2D eigenvalue weighted by molar-refractivity contribution is 5.78. The molecule has 3 aromatic carbocycles. The van der Waals surface area contributed by atoms with Gasteiger partial charge in [-0.3, -0.25) is 4.79 Å². The van der Waals surface area contributed by atoms with E-state index in [0.717, 1.165) is 16.8 Å². The van der Waals surface area contributed by atoms with E-state index >= 15 is 0 Å². The first-order valence-electron chi connectivity index (χ1n) is 9.23. The van der Waals surface area contributed by atoms with Crippen LogP contribution in [-0.2, 0) is 16.1 Å². The van der Waals surface area contributed by atoms with Gasteiger partial charge in [0.05, 0.1) is 5.92 Å². The van der Waals surface area contributed by atoms with Crippen molar-refractivity contribution in [3.8, 4) is 11.1 Å². The van der Waals surface area contributed by atoms with Gasteiger partial charge in [0.15, 0.2) is 0 Å². The van der Waals surface area contributed by atoms with E-state index in [2.05, 4.69) is 0 Å². The number of carbonyl (C=O) groups is 1. The molecule has 0 radical (unpaired) electrons. The summed E-state index contributed by atoms with van der Waals surface area (Å²) in [6.07, 6.45) is 0. The van der Waals surface area contributed by atoms with Gasteiger partial charge in [0, 0.05) is 25.3 Å². The second kappa shape index (κ2) is 8.70. The summed E-state index contributed by atoms with van der Waals surface area (Å²) in [5.41, 5.74) is 3.92. The van der Waals surface area contributed by atoms with Crippen LogP contribution in [0.2, 0.25) is 0 Å². The molecule has 0 aliphatic carbocycles. The topological polar surface area (TPSA) is 29.5 Å². The zero-order chi connectivity index (χ0) is 20.1. The third-order valence-corrected chi connectivity index (χ3v) is 4.77. The van der Waals surface area contributed by atoms with E-state index in [4.69, 9.17) is 4.74 Å². The summed E-state index contributed by atoms with van der Waals surface area (Å²) in [6, 6.07) is 22.1. The molecule has 0 N–H and O–H groups in total. The van der Waals surface area contributed by atoms with Gasteiger partial charge in [0.2, 0.25) is 0 Å². The maximum atomic E-state index is 14.6. The van der Waals surface area contributed by atoms with Crippen LogP contribution in [-0.4, -0.2) is 20.1 Å².